The van der Waals surface area contributed by atoms with Gasteiger partial charge in [0.1, 0.15) is 6.10 Å². The molecule has 6 nitrogen and oxygen atoms in total. The minimum absolute atomic E-state index is 0.277. The van der Waals surface area contributed by atoms with Gasteiger partial charge in [-0.25, -0.2) is 0 Å². The van der Waals surface area contributed by atoms with Crippen molar-refractivity contribution in [1.82, 2.24) is 4.90 Å². The van der Waals surface area contributed by atoms with Crippen LogP contribution in [-0.2, 0) is 23.8 Å². The monoisotopic (exact) mass is 337 g/mol. The number of hydrogen-bond acceptors (Lipinski definition) is 6. The van der Waals surface area contributed by atoms with Crippen molar-refractivity contribution in [2.45, 2.75) is 50.1 Å². The van der Waals surface area contributed by atoms with Crippen molar-refractivity contribution in [1.29, 1.82) is 0 Å². The summed E-state index contributed by atoms with van der Waals surface area (Å²) in [5, 5.41) is -0.439. The van der Waals surface area contributed by atoms with E-state index in [2.05, 4.69) is 15.9 Å². The smallest absolute Gasteiger partial charge is 0.303 e. The zero-order valence-electron chi connectivity index (χ0n) is 11.8. The van der Waals surface area contributed by atoms with Crippen LogP contribution in [0.4, 0.5) is 0 Å². The Morgan fingerprint density at radius 3 is 2.00 bits per heavy atom. The first kappa shape index (κ1) is 16.4. The fourth-order valence-electron chi connectivity index (χ4n) is 2.24. The Morgan fingerprint density at radius 1 is 1.11 bits per heavy atom. The topological polar surface area (TPSA) is 65.1 Å². The predicted octanol–water partition coefficient (Wildman–Crippen LogP) is 0.920. The Hall–Kier alpha value is -0.660. The summed E-state index contributed by atoms with van der Waals surface area (Å²) in [6.07, 6.45) is -1.34. The first-order valence-electron chi connectivity index (χ1n) is 6.04. The van der Waals surface area contributed by atoms with Crippen LogP contribution >= 0.6 is 15.9 Å². The van der Waals surface area contributed by atoms with Crippen molar-refractivity contribution < 1.29 is 23.8 Å². The third-order valence-corrected chi connectivity index (χ3v) is 3.68. The highest BCUT2D eigenvalue weighted by Crippen LogP contribution is 2.31. The molecule has 1 fully saturated rings. The molecule has 0 radical (unpaired) electrons. The van der Waals surface area contributed by atoms with Gasteiger partial charge in [0, 0.05) is 13.8 Å². The van der Waals surface area contributed by atoms with Gasteiger partial charge in [0.05, 0.1) is 12.1 Å². The second-order valence-electron chi connectivity index (χ2n) is 4.79. The van der Waals surface area contributed by atoms with E-state index in [-0.39, 0.29) is 18.1 Å². The van der Waals surface area contributed by atoms with Crippen molar-refractivity contribution in [3.8, 4) is 0 Å². The summed E-state index contributed by atoms with van der Waals surface area (Å²) >= 11 is 3.36. The van der Waals surface area contributed by atoms with Crippen LogP contribution in [0, 0.1) is 0 Å². The lowest BCUT2D eigenvalue weighted by Crippen LogP contribution is -2.62. The Balaban J connectivity index is 3.00. The summed E-state index contributed by atoms with van der Waals surface area (Å²) in [7, 11) is 3.69. The minimum Gasteiger partial charge on any atom is -0.458 e. The number of halogens is 1. The second-order valence-corrected chi connectivity index (χ2v) is 5.70. The van der Waals surface area contributed by atoms with Crippen LogP contribution in [0.5, 0.6) is 0 Å². The number of carbonyl (C=O) groups is 2. The number of alkyl halides is 1. The number of ether oxygens (including phenoxy) is 3. The molecule has 1 rings (SSSR count). The molecule has 19 heavy (non-hydrogen) atoms. The molecule has 0 aromatic carbocycles. The first-order chi connectivity index (χ1) is 8.73. The third kappa shape index (κ3) is 4.15. The molecule has 0 bridgehead atoms. The van der Waals surface area contributed by atoms with Gasteiger partial charge >= 0.3 is 11.9 Å². The van der Waals surface area contributed by atoms with E-state index in [4.69, 9.17) is 14.2 Å². The molecule has 0 unspecified atom stereocenters. The van der Waals surface area contributed by atoms with Gasteiger partial charge in [-0.05, 0) is 21.0 Å². The number of nitrogens with zero attached hydrogens (tertiary/aromatic N) is 1. The molecule has 1 heterocycles. The van der Waals surface area contributed by atoms with Gasteiger partial charge in [0.25, 0.3) is 0 Å². The van der Waals surface area contributed by atoms with E-state index in [1.54, 1.807) is 0 Å². The molecular formula is C12H20BrNO5. The fraction of sp³-hybridized carbons (Fsp3) is 0.833. The molecule has 5 atom stereocenters. The Labute approximate surface area is 121 Å². The summed E-state index contributed by atoms with van der Waals surface area (Å²) in [6.45, 7) is 4.51. The van der Waals surface area contributed by atoms with E-state index >= 15 is 0 Å². The molecule has 0 amide bonds. The highest BCUT2D eigenvalue weighted by molar-refractivity contribution is 9.09. The van der Waals surface area contributed by atoms with Gasteiger partial charge < -0.3 is 14.2 Å². The molecule has 1 aliphatic rings. The standard InChI is InChI=1S/C12H20BrNO5/c1-6-10(18-7(2)15)9(14(4)5)11(12(13)17-6)19-8(3)16/h6,9-12H,1-5H3/t6-,9-,10-,11+,12+/m1/s1. The van der Waals surface area contributed by atoms with Gasteiger partial charge in [-0.1, -0.05) is 15.9 Å². The molecule has 110 valence electrons. The minimum atomic E-state index is -0.548. The number of hydrogen-bond donors (Lipinski definition) is 0. The summed E-state index contributed by atoms with van der Waals surface area (Å²) in [4.78, 5) is 24.3. The van der Waals surface area contributed by atoms with E-state index in [0.29, 0.717) is 0 Å². The van der Waals surface area contributed by atoms with Crippen LogP contribution in [-0.4, -0.2) is 60.3 Å². The zero-order valence-corrected chi connectivity index (χ0v) is 13.3. The van der Waals surface area contributed by atoms with Crippen molar-refractivity contribution in [2.75, 3.05) is 14.1 Å². The maximum absolute atomic E-state index is 11.2. The van der Waals surface area contributed by atoms with E-state index in [0.717, 1.165) is 0 Å². The van der Waals surface area contributed by atoms with Gasteiger partial charge in [-0.3, -0.25) is 14.5 Å². The molecule has 1 saturated heterocycles. The summed E-state index contributed by atoms with van der Waals surface area (Å²) in [6, 6.07) is -0.277. The molecule has 0 aromatic heterocycles. The lowest BCUT2D eigenvalue weighted by atomic mass is 9.96. The van der Waals surface area contributed by atoms with Crippen LogP contribution in [0.15, 0.2) is 0 Å². The lowest BCUT2D eigenvalue weighted by Gasteiger charge is -2.45. The molecule has 1 aliphatic heterocycles. The van der Waals surface area contributed by atoms with Crippen molar-refractivity contribution in [3.63, 3.8) is 0 Å². The number of likely N-dealkylation sites (N-methyl/N-ethyl adjacent to an activating group) is 1. The molecule has 0 N–H and O–H groups in total. The van der Waals surface area contributed by atoms with Crippen molar-refractivity contribution in [2.24, 2.45) is 0 Å². The highest BCUT2D eigenvalue weighted by atomic mass is 79.9. The highest BCUT2D eigenvalue weighted by Gasteiger charge is 2.48. The van der Waals surface area contributed by atoms with E-state index in [9.17, 15) is 9.59 Å². The summed E-state index contributed by atoms with van der Waals surface area (Å²) in [5.74, 6) is -0.789. The molecular weight excluding hydrogens is 318 g/mol. The van der Waals surface area contributed by atoms with Crippen LogP contribution in [0.2, 0.25) is 0 Å². The molecule has 0 spiro atoms. The van der Waals surface area contributed by atoms with Crippen LogP contribution in [0.1, 0.15) is 20.8 Å². The third-order valence-electron chi connectivity index (χ3n) is 2.94. The van der Waals surface area contributed by atoms with Crippen LogP contribution in [0.3, 0.4) is 0 Å². The Kier molecular flexibility index (Phi) is 5.76. The fourth-order valence-corrected chi connectivity index (χ4v) is 3.00. The average Bonchev–Trinajstić information content (AvgIpc) is 2.23. The average molecular weight is 338 g/mol. The van der Waals surface area contributed by atoms with E-state index in [1.165, 1.54) is 13.8 Å². The number of esters is 2. The largest absolute Gasteiger partial charge is 0.458 e. The maximum Gasteiger partial charge on any atom is 0.303 e. The van der Waals surface area contributed by atoms with Gasteiger partial charge in [-0.2, -0.15) is 0 Å². The Morgan fingerprint density at radius 2 is 1.58 bits per heavy atom. The zero-order chi connectivity index (χ0) is 14.7. The summed E-state index contributed by atoms with van der Waals surface area (Å²) < 4.78 is 16.2. The number of carbonyl (C=O) groups excluding carboxylic acids is 2. The van der Waals surface area contributed by atoms with Crippen molar-refractivity contribution >= 4 is 27.9 Å². The Bertz CT molecular complexity index is 321. The quantitative estimate of drug-likeness (QED) is 0.563. The molecule has 7 heteroatoms. The van der Waals surface area contributed by atoms with Crippen molar-refractivity contribution in [3.05, 3.63) is 0 Å². The second kappa shape index (κ2) is 6.67. The molecule has 0 aromatic rings. The van der Waals surface area contributed by atoms with E-state index < -0.39 is 23.2 Å². The van der Waals surface area contributed by atoms with Crippen LogP contribution in [0.25, 0.3) is 0 Å². The van der Waals surface area contributed by atoms with Gasteiger partial charge in [-0.15, -0.1) is 0 Å². The predicted molar refractivity (Wildman–Crippen MR) is 71.8 cm³/mol. The lowest BCUT2D eigenvalue weighted by molar-refractivity contribution is -0.203. The molecule has 0 saturated carbocycles. The first-order valence-corrected chi connectivity index (χ1v) is 6.96. The molecule has 0 aliphatic carbocycles. The normalized spacial score (nSPS) is 35.0. The van der Waals surface area contributed by atoms with Gasteiger partial charge in [0.2, 0.25) is 0 Å². The van der Waals surface area contributed by atoms with Gasteiger partial charge in [0.15, 0.2) is 11.1 Å². The van der Waals surface area contributed by atoms with E-state index in [1.807, 2.05) is 25.9 Å². The van der Waals surface area contributed by atoms with Crippen LogP contribution < -0.4 is 0 Å². The maximum atomic E-state index is 11.2. The number of rotatable bonds is 3. The SMILES string of the molecule is CC(=O)O[C@H]1[C@@H](N(C)C)[C@H](OC(C)=O)[C@@H](Br)O[C@@H]1C. The summed E-state index contributed by atoms with van der Waals surface area (Å²) in [5.41, 5.74) is 0.